The molecule has 28 heavy (non-hydrogen) atoms. The summed E-state index contributed by atoms with van der Waals surface area (Å²) in [6, 6.07) is 14.2. The highest BCUT2D eigenvalue weighted by molar-refractivity contribution is 5.99. The third-order valence-corrected chi connectivity index (χ3v) is 4.79. The van der Waals surface area contributed by atoms with Gasteiger partial charge in [-0.15, -0.1) is 0 Å². The molecular formula is C21H19N3O4. The first-order valence-corrected chi connectivity index (χ1v) is 9.02. The number of anilines is 1. The summed E-state index contributed by atoms with van der Waals surface area (Å²) in [5.74, 6) is -1.10. The molecule has 0 radical (unpaired) electrons. The maximum absolute atomic E-state index is 12.4. The van der Waals surface area contributed by atoms with E-state index in [1.165, 1.54) is 10.5 Å². The monoisotopic (exact) mass is 377 g/mol. The van der Waals surface area contributed by atoms with Crippen LogP contribution in [0, 0.1) is 12.8 Å². The van der Waals surface area contributed by atoms with Gasteiger partial charge in [-0.3, -0.25) is 18.8 Å². The summed E-state index contributed by atoms with van der Waals surface area (Å²) in [6.45, 7) is 2.16. The molecule has 0 saturated carbocycles. The average molecular weight is 377 g/mol. The van der Waals surface area contributed by atoms with Crippen LogP contribution in [0.25, 0.3) is 5.65 Å². The summed E-state index contributed by atoms with van der Waals surface area (Å²) >= 11 is 0. The van der Waals surface area contributed by atoms with Gasteiger partial charge in [-0.25, -0.2) is 4.98 Å². The van der Waals surface area contributed by atoms with E-state index >= 15 is 0 Å². The molecule has 1 fully saturated rings. The Morgan fingerprint density at radius 3 is 2.75 bits per heavy atom. The molecule has 1 atom stereocenters. The smallest absolute Gasteiger partial charge is 0.311 e. The Hall–Kier alpha value is -3.48. The standard InChI is InChI=1S/C21H19N3O4/c1-14-5-7-17(8-6-14)24-12-15(10-19(24)25)21(27)28-13-16-11-20(26)23-9-3-2-4-18(23)22-16/h2-9,11,15H,10,12-13H2,1H3/t15-/m1/s1. The number of rotatable bonds is 4. The van der Waals surface area contributed by atoms with Gasteiger partial charge in [-0.05, 0) is 31.2 Å². The number of nitrogens with zero attached hydrogens (tertiary/aromatic N) is 3. The average Bonchev–Trinajstić information content (AvgIpc) is 3.08. The number of ether oxygens (including phenoxy) is 1. The van der Waals surface area contributed by atoms with Crippen molar-refractivity contribution in [3.8, 4) is 0 Å². The van der Waals surface area contributed by atoms with Crippen LogP contribution in [-0.2, 0) is 20.9 Å². The molecular weight excluding hydrogens is 358 g/mol. The number of benzene rings is 1. The highest BCUT2D eigenvalue weighted by Gasteiger charge is 2.36. The van der Waals surface area contributed by atoms with Gasteiger partial charge in [-0.1, -0.05) is 23.8 Å². The molecule has 3 aromatic rings. The summed E-state index contributed by atoms with van der Waals surface area (Å²) < 4.78 is 6.76. The number of fused-ring (bicyclic) bond motifs is 1. The van der Waals surface area contributed by atoms with Crippen LogP contribution in [0.15, 0.2) is 59.5 Å². The van der Waals surface area contributed by atoms with Crippen molar-refractivity contribution < 1.29 is 14.3 Å². The fraction of sp³-hybridized carbons (Fsp3) is 0.238. The summed E-state index contributed by atoms with van der Waals surface area (Å²) in [5.41, 5.74) is 2.51. The second kappa shape index (κ2) is 7.26. The molecule has 1 saturated heterocycles. The molecule has 0 bridgehead atoms. The van der Waals surface area contributed by atoms with E-state index in [9.17, 15) is 14.4 Å². The van der Waals surface area contributed by atoms with Crippen molar-refractivity contribution in [2.75, 3.05) is 11.4 Å². The topological polar surface area (TPSA) is 81.0 Å². The second-order valence-corrected chi connectivity index (χ2v) is 6.86. The number of hydrogen-bond acceptors (Lipinski definition) is 5. The zero-order valence-corrected chi connectivity index (χ0v) is 15.4. The molecule has 0 N–H and O–H groups in total. The number of carbonyl (C=O) groups is 2. The largest absolute Gasteiger partial charge is 0.459 e. The Labute approximate surface area is 161 Å². The van der Waals surface area contributed by atoms with E-state index in [0.29, 0.717) is 11.3 Å². The van der Waals surface area contributed by atoms with Gasteiger partial charge in [-0.2, -0.15) is 0 Å². The molecule has 1 aliphatic rings. The third-order valence-electron chi connectivity index (χ3n) is 4.79. The summed E-state index contributed by atoms with van der Waals surface area (Å²) in [6.07, 6.45) is 1.74. The molecule has 7 heteroatoms. The number of pyridine rings is 1. The van der Waals surface area contributed by atoms with Gasteiger partial charge < -0.3 is 9.64 Å². The maximum Gasteiger partial charge on any atom is 0.311 e. The van der Waals surface area contributed by atoms with Crippen molar-refractivity contribution in [1.29, 1.82) is 0 Å². The Balaban J connectivity index is 1.42. The number of esters is 1. The molecule has 3 heterocycles. The van der Waals surface area contributed by atoms with Gasteiger partial charge in [0.25, 0.3) is 5.56 Å². The summed E-state index contributed by atoms with van der Waals surface area (Å²) in [5, 5.41) is 0. The van der Waals surface area contributed by atoms with Crippen LogP contribution in [0.5, 0.6) is 0 Å². The van der Waals surface area contributed by atoms with Gasteiger partial charge in [0.2, 0.25) is 5.91 Å². The van der Waals surface area contributed by atoms with Crippen LogP contribution in [0.3, 0.4) is 0 Å². The molecule has 2 aromatic heterocycles. The highest BCUT2D eigenvalue weighted by Crippen LogP contribution is 2.26. The SMILES string of the molecule is Cc1ccc(N2C[C@H](C(=O)OCc3cc(=O)n4ccccc4n3)CC2=O)cc1. The Bertz CT molecular complexity index is 1100. The van der Waals surface area contributed by atoms with Gasteiger partial charge in [0.15, 0.2) is 0 Å². The molecule has 1 amide bonds. The maximum atomic E-state index is 12.4. The van der Waals surface area contributed by atoms with Crippen molar-refractivity contribution in [2.45, 2.75) is 20.0 Å². The Morgan fingerprint density at radius 2 is 1.96 bits per heavy atom. The van der Waals surface area contributed by atoms with Crippen LogP contribution in [0.2, 0.25) is 0 Å². The zero-order chi connectivity index (χ0) is 19.7. The van der Waals surface area contributed by atoms with E-state index in [2.05, 4.69) is 4.98 Å². The van der Waals surface area contributed by atoms with E-state index in [0.717, 1.165) is 11.3 Å². The van der Waals surface area contributed by atoms with Gasteiger partial charge in [0, 0.05) is 30.9 Å². The lowest BCUT2D eigenvalue weighted by Gasteiger charge is -2.16. The van der Waals surface area contributed by atoms with Gasteiger partial charge in [0.05, 0.1) is 11.6 Å². The molecule has 0 aliphatic carbocycles. The number of amides is 1. The van der Waals surface area contributed by atoms with Crippen LogP contribution >= 0.6 is 0 Å². The molecule has 0 unspecified atom stereocenters. The van der Waals surface area contributed by atoms with Crippen molar-refractivity contribution in [2.24, 2.45) is 5.92 Å². The minimum atomic E-state index is -0.532. The quantitative estimate of drug-likeness (QED) is 0.651. The number of hydrogen-bond donors (Lipinski definition) is 0. The molecule has 1 aliphatic heterocycles. The minimum Gasteiger partial charge on any atom is -0.459 e. The predicted molar refractivity (Wildman–Crippen MR) is 103 cm³/mol. The number of carbonyl (C=O) groups excluding carboxylic acids is 2. The highest BCUT2D eigenvalue weighted by atomic mass is 16.5. The Morgan fingerprint density at radius 1 is 1.18 bits per heavy atom. The molecule has 1 aromatic carbocycles. The number of aryl methyl sites for hydroxylation is 1. The first-order valence-electron chi connectivity index (χ1n) is 9.02. The van der Waals surface area contributed by atoms with Crippen molar-refractivity contribution in [3.05, 3.63) is 76.3 Å². The van der Waals surface area contributed by atoms with Crippen molar-refractivity contribution in [3.63, 3.8) is 0 Å². The molecule has 0 spiro atoms. The van der Waals surface area contributed by atoms with Crippen molar-refractivity contribution >= 4 is 23.2 Å². The second-order valence-electron chi connectivity index (χ2n) is 6.86. The van der Waals surface area contributed by atoms with E-state index < -0.39 is 11.9 Å². The molecule has 142 valence electrons. The molecule has 4 rings (SSSR count). The van der Waals surface area contributed by atoms with Gasteiger partial charge in [0.1, 0.15) is 12.3 Å². The fourth-order valence-corrected chi connectivity index (χ4v) is 3.28. The summed E-state index contributed by atoms with van der Waals surface area (Å²) in [4.78, 5) is 42.8. The van der Waals surface area contributed by atoms with Crippen molar-refractivity contribution in [1.82, 2.24) is 9.38 Å². The van der Waals surface area contributed by atoms with Crippen LogP contribution < -0.4 is 10.5 Å². The van der Waals surface area contributed by atoms with E-state index in [1.807, 2.05) is 31.2 Å². The van der Waals surface area contributed by atoms with Crippen LogP contribution in [0.4, 0.5) is 5.69 Å². The zero-order valence-electron chi connectivity index (χ0n) is 15.4. The first-order chi connectivity index (χ1) is 13.5. The van der Waals surface area contributed by atoms with Crippen LogP contribution in [0.1, 0.15) is 17.7 Å². The normalized spacial score (nSPS) is 16.5. The predicted octanol–water partition coefficient (Wildman–Crippen LogP) is 2.10. The Kier molecular flexibility index (Phi) is 4.65. The lowest BCUT2D eigenvalue weighted by atomic mass is 10.1. The van der Waals surface area contributed by atoms with E-state index in [4.69, 9.17) is 4.74 Å². The summed E-state index contributed by atoms with van der Waals surface area (Å²) in [7, 11) is 0. The van der Waals surface area contributed by atoms with E-state index in [1.54, 1.807) is 29.3 Å². The van der Waals surface area contributed by atoms with Crippen LogP contribution in [-0.4, -0.2) is 27.8 Å². The first kappa shape index (κ1) is 17.9. The minimum absolute atomic E-state index is 0.102. The number of aromatic nitrogens is 2. The van der Waals surface area contributed by atoms with E-state index in [-0.39, 0.29) is 31.0 Å². The third kappa shape index (κ3) is 3.51. The van der Waals surface area contributed by atoms with Gasteiger partial charge >= 0.3 is 5.97 Å². The lowest BCUT2D eigenvalue weighted by Crippen LogP contribution is -2.26. The lowest BCUT2D eigenvalue weighted by molar-refractivity contribution is -0.149. The fourth-order valence-electron chi connectivity index (χ4n) is 3.28. The molecule has 7 nitrogen and oxygen atoms in total.